The van der Waals surface area contributed by atoms with Crippen LogP contribution in [0.15, 0.2) is 18.2 Å². The molecule has 0 aliphatic heterocycles. The van der Waals surface area contributed by atoms with Gasteiger partial charge in [-0.3, -0.25) is 4.79 Å². The van der Waals surface area contributed by atoms with E-state index in [4.69, 9.17) is 0 Å². The maximum Gasteiger partial charge on any atom is 0.454 e. The molecule has 1 atom stereocenters. The van der Waals surface area contributed by atoms with Gasteiger partial charge in [0.25, 0.3) is 5.78 Å². The monoisotopic (exact) mass is 327 g/mol. The molecule has 0 N–H and O–H groups in total. The summed E-state index contributed by atoms with van der Waals surface area (Å²) in [7, 11) is 0. The van der Waals surface area contributed by atoms with Gasteiger partial charge in [0.1, 0.15) is 0 Å². The van der Waals surface area contributed by atoms with E-state index in [0.717, 1.165) is 44.3 Å². The first-order chi connectivity index (χ1) is 10.9. The number of carbonyl (C=O) groups is 1. The number of hydrogen-bond donors (Lipinski definition) is 0. The predicted octanol–water partition coefficient (Wildman–Crippen LogP) is 4.41. The van der Waals surface area contributed by atoms with Crippen molar-refractivity contribution in [1.82, 2.24) is 4.90 Å². The Morgan fingerprint density at radius 1 is 1.22 bits per heavy atom. The van der Waals surface area contributed by atoms with Crippen LogP contribution in [0.1, 0.15) is 54.6 Å². The highest BCUT2D eigenvalue weighted by Gasteiger charge is 2.41. The highest BCUT2D eigenvalue weighted by Crippen LogP contribution is 2.31. The molecule has 0 spiro atoms. The average molecular weight is 327 g/mol. The molecule has 0 heterocycles. The summed E-state index contributed by atoms with van der Waals surface area (Å²) in [4.78, 5) is 14.1. The van der Waals surface area contributed by atoms with Gasteiger partial charge in [0.15, 0.2) is 0 Å². The van der Waals surface area contributed by atoms with Crippen LogP contribution in [0.3, 0.4) is 0 Å². The van der Waals surface area contributed by atoms with E-state index in [1.807, 2.05) is 6.07 Å². The van der Waals surface area contributed by atoms with Crippen molar-refractivity contribution in [3.05, 3.63) is 34.9 Å². The second-order valence-corrected chi connectivity index (χ2v) is 6.20. The maximum absolute atomic E-state index is 12.8. The van der Waals surface area contributed by atoms with Crippen molar-refractivity contribution in [2.75, 3.05) is 13.1 Å². The zero-order valence-corrected chi connectivity index (χ0v) is 13.7. The van der Waals surface area contributed by atoms with Crippen LogP contribution in [-0.2, 0) is 12.8 Å². The molecule has 0 radical (unpaired) electrons. The van der Waals surface area contributed by atoms with Crippen molar-refractivity contribution in [2.24, 2.45) is 0 Å². The molecule has 128 valence electrons. The molecule has 0 bridgehead atoms. The third-order valence-electron chi connectivity index (χ3n) is 4.50. The number of ketones is 1. The predicted molar refractivity (Wildman–Crippen MR) is 84.8 cm³/mol. The average Bonchev–Trinajstić information content (AvgIpc) is 2.52. The number of rotatable bonds is 6. The Hall–Kier alpha value is -1.36. The van der Waals surface area contributed by atoms with Gasteiger partial charge < -0.3 is 4.90 Å². The SMILES string of the molecule is CCCN(CCC)C1CCc2cccc(C(=O)C(F)(F)F)c2C1. The molecular formula is C18H24F3NO. The molecule has 0 saturated carbocycles. The Bertz CT molecular complexity index is 548. The van der Waals surface area contributed by atoms with Crippen molar-refractivity contribution in [1.29, 1.82) is 0 Å². The summed E-state index contributed by atoms with van der Waals surface area (Å²) < 4.78 is 38.5. The van der Waals surface area contributed by atoms with E-state index in [2.05, 4.69) is 18.7 Å². The molecule has 23 heavy (non-hydrogen) atoms. The summed E-state index contributed by atoms with van der Waals surface area (Å²) in [5.74, 6) is -1.72. The third kappa shape index (κ3) is 4.14. The normalized spacial score (nSPS) is 18.1. The summed E-state index contributed by atoms with van der Waals surface area (Å²) >= 11 is 0. The fourth-order valence-corrected chi connectivity index (χ4v) is 3.50. The van der Waals surface area contributed by atoms with Crippen LogP contribution in [-0.4, -0.2) is 36.0 Å². The highest BCUT2D eigenvalue weighted by atomic mass is 19.4. The van der Waals surface area contributed by atoms with Crippen LogP contribution in [0.2, 0.25) is 0 Å². The first-order valence-corrected chi connectivity index (χ1v) is 8.34. The summed E-state index contributed by atoms with van der Waals surface area (Å²) in [6.07, 6.45) is -0.555. The zero-order chi connectivity index (χ0) is 17.0. The fourth-order valence-electron chi connectivity index (χ4n) is 3.50. The van der Waals surface area contributed by atoms with E-state index in [9.17, 15) is 18.0 Å². The van der Waals surface area contributed by atoms with Crippen LogP contribution in [0.4, 0.5) is 13.2 Å². The van der Waals surface area contributed by atoms with E-state index in [1.165, 1.54) is 6.07 Å². The Kier molecular flexibility index (Phi) is 5.84. The van der Waals surface area contributed by atoms with Crippen molar-refractivity contribution in [3.8, 4) is 0 Å². The van der Waals surface area contributed by atoms with Crippen molar-refractivity contribution < 1.29 is 18.0 Å². The zero-order valence-electron chi connectivity index (χ0n) is 13.7. The largest absolute Gasteiger partial charge is 0.454 e. The van der Waals surface area contributed by atoms with Crippen molar-refractivity contribution >= 4 is 5.78 Å². The van der Waals surface area contributed by atoms with Gasteiger partial charge >= 0.3 is 6.18 Å². The van der Waals surface area contributed by atoms with Crippen LogP contribution < -0.4 is 0 Å². The van der Waals surface area contributed by atoms with Crippen molar-refractivity contribution in [2.45, 2.75) is 58.2 Å². The van der Waals surface area contributed by atoms with E-state index < -0.39 is 12.0 Å². The Balaban J connectivity index is 2.29. The number of carbonyl (C=O) groups excluding carboxylic acids is 1. The van der Waals surface area contributed by atoms with Crippen LogP contribution in [0.25, 0.3) is 0 Å². The van der Waals surface area contributed by atoms with Gasteiger partial charge in [-0.2, -0.15) is 13.2 Å². The molecule has 1 aromatic rings. The molecule has 1 aromatic carbocycles. The molecule has 0 amide bonds. The van der Waals surface area contributed by atoms with Crippen LogP contribution in [0, 0.1) is 0 Å². The lowest BCUT2D eigenvalue weighted by atomic mass is 9.83. The lowest BCUT2D eigenvalue weighted by Gasteiger charge is -2.35. The smallest absolute Gasteiger partial charge is 0.300 e. The number of Topliss-reactive ketones (excluding diaryl/α,β-unsaturated/α-hetero) is 1. The minimum atomic E-state index is -4.81. The fraction of sp³-hybridized carbons (Fsp3) is 0.611. The Labute approximate surface area is 135 Å². The molecular weight excluding hydrogens is 303 g/mol. The van der Waals surface area contributed by atoms with Gasteiger partial charge in [-0.25, -0.2) is 0 Å². The second kappa shape index (κ2) is 7.47. The van der Waals surface area contributed by atoms with E-state index in [1.54, 1.807) is 6.07 Å². The Morgan fingerprint density at radius 2 is 1.87 bits per heavy atom. The van der Waals surface area contributed by atoms with Gasteiger partial charge in [-0.05, 0) is 56.3 Å². The molecule has 1 aliphatic rings. The highest BCUT2D eigenvalue weighted by molar-refractivity contribution is 6.01. The summed E-state index contributed by atoms with van der Waals surface area (Å²) in [6, 6.07) is 4.96. The quantitative estimate of drug-likeness (QED) is 0.721. The number of alkyl halides is 3. The minimum absolute atomic E-state index is 0.160. The van der Waals surface area contributed by atoms with E-state index in [0.29, 0.717) is 12.0 Å². The molecule has 5 heteroatoms. The third-order valence-corrected chi connectivity index (χ3v) is 4.50. The molecule has 0 saturated heterocycles. The lowest BCUT2D eigenvalue weighted by molar-refractivity contribution is -0.0886. The van der Waals surface area contributed by atoms with E-state index in [-0.39, 0.29) is 11.6 Å². The van der Waals surface area contributed by atoms with Crippen LogP contribution in [0.5, 0.6) is 0 Å². The van der Waals surface area contributed by atoms with Gasteiger partial charge in [-0.15, -0.1) is 0 Å². The molecule has 1 unspecified atom stereocenters. The summed E-state index contributed by atoms with van der Waals surface area (Å²) in [5, 5.41) is 0. The number of halogens is 3. The molecule has 1 aliphatic carbocycles. The minimum Gasteiger partial charge on any atom is -0.300 e. The molecule has 2 rings (SSSR count). The van der Waals surface area contributed by atoms with Crippen molar-refractivity contribution in [3.63, 3.8) is 0 Å². The maximum atomic E-state index is 12.8. The molecule has 2 nitrogen and oxygen atoms in total. The van der Waals surface area contributed by atoms with Crippen LogP contribution >= 0.6 is 0 Å². The van der Waals surface area contributed by atoms with Gasteiger partial charge in [0.2, 0.25) is 0 Å². The first kappa shape index (κ1) is 18.0. The van der Waals surface area contributed by atoms with Gasteiger partial charge in [0, 0.05) is 11.6 Å². The standard InChI is InChI=1S/C18H24F3NO/c1-3-10-22(11-4-2)14-9-8-13-6-5-7-15(16(13)12-14)17(23)18(19,20)21/h5-7,14H,3-4,8-12H2,1-2H3. The lowest BCUT2D eigenvalue weighted by Crippen LogP contribution is -2.41. The topological polar surface area (TPSA) is 20.3 Å². The summed E-state index contributed by atoms with van der Waals surface area (Å²) in [5.41, 5.74) is 1.33. The number of aryl methyl sites for hydroxylation is 1. The number of hydrogen-bond acceptors (Lipinski definition) is 2. The number of benzene rings is 1. The van der Waals surface area contributed by atoms with Gasteiger partial charge in [-0.1, -0.05) is 32.0 Å². The first-order valence-electron chi connectivity index (χ1n) is 8.34. The second-order valence-electron chi connectivity index (χ2n) is 6.20. The molecule has 0 fully saturated rings. The molecule has 0 aromatic heterocycles. The van der Waals surface area contributed by atoms with E-state index >= 15 is 0 Å². The number of fused-ring (bicyclic) bond motifs is 1. The van der Waals surface area contributed by atoms with Gasteiger partial charge in [0.05, 0.1) is 0 Å². The summed E-state index contributed by atoms with van der Waals surface area (Å²) in [6.45, 7) is 6.11. The Morgan fingerprint density at radius 3 is 2.43 bits per heavy atom. The number of nitrogens with zero attached hydrogens (tertiary/aromatic N) is 1.